The molecule has 4 nitrogen and oxygen atoms in total. The van der Waals surface area contributed by atoms with E-state index in [1.807, 2.05) is 0 Å². The lowest BCUT2D eigenvalue weighted by molar-refractivity contribution is -0.122. The fourth-order valence-electron chi connectivity index (χ4n) is 1.10. The number of aliphatic hydroxyl groups excluding tert-OH is 1. The molecule has 0 atom stereocenters. The van der Waals surface area contributed by atoms with Gasteiger partial charge >= 0.3 is 0 Å². The molecule has 0 radical (unpaired) electrons. The van der Waals surface area contributed by atoms with Crippen LogP contribution in [0.15, 0.2) is 0 Å². The second-order valence-electron chi connectivity index (χ2n) is 2.72. The molecular formula is C8H14O4. The Morgan fingerprint density at radius 1 is 1.33 bits per heavy atom. The number of ketones is 1. The van der Waals surface area contributed by atoms with Crippen LogP contribution in [0.1, 0.15) is 19.3 Å². The number of ether oxygens (including phenoxy) is 2. The fraction of sp³-hybridized carbons (Fsp3) is 0.875. The van der Waals surface area contributed by atoms with Gasteiger partial charge in [0, 0.05) is 25.9 Å². The molecule has 0 saturated carbocycles. The molecule has 0 unspecified atom stereocenters. The van der Waals surface area contributed by atoms with Crippen LogP contribution in [0, 0.1) is 0 Å². The summed E-state index contributed by atoms with van der Waals surface area (Å²) >= 11 is 0. The van der Waals surface area contributed by atoms with Crippen molar-refractivity contribution in [1.29, 1.82) is 0 Å². The number of carbonyl (C=O) groups excluding carboxylic acids is 1. The van der Waals surface area contributed by atoms with Crippen molar-refractivity contribution in [3.05, 3.63) is 0 Å². The Morgan fingerprint density at radius 3 is 2.58 bits per heavy atom. The summed E-state index contributed by atoms with van der Waals surface area (Å²) in [6.07, 6.45) is 1.09. The Labute approximate surface area is 71.5 Å². The minimum absolute atomic E-state index is 0.0643. The van der Waals surface area contributed by atoms with E-state index in [0.29, 0.717) is 26.1 Å². The van der Waals surface area contributed by atoms with Gasteiger partial charge in [0.2, 0.25) is 0 Å². The molecule has 0 spiro atoms. The van der Waals surface area contributed by atoms with Gasteiger partial charge < -0.3 is 14.6 Å². The normalized spacial score (nSPS) is 18.4. The van der Waals surface area contributed by atoms with Crippen LogP contribution in [-0.2, 0) is 14.3 Å². The average Bonchev–Trinajstić information content (AvgIpc) is 2.53. The number of aliphatic hydroxyl groups is 1. The van der Waals surface area contributed by atoms with Crippen molar-refractivity contribution < 1.29 is 19.4 Å². The van der Waals surface area contributed by atoms with E-state index in [-0.39, 0.29) is 25.1 Å². The molecule has 0 bridgehead atoms. The van der Waals surface area contributed by atoms with E-state index in [1.54, 1.807) is 0 Å². The molecule has 0 aromatic rings. The third-order valence-corrected chi connectivity index (χ3v) is 1.74. The second-order valence-corrected chi connectivity index (χ2v) is 2.72. The van der Waals surface area contributed by atoms with E-state index in [1.165, 1.54) is 0 Å². The summed E-state index contributed by atoms with van der Waals surface area (Å²) < 4.78 is 10.3. The molecule has 1 aliphatic rings. The topological polar surface area (TPSA) is 55.8 Å². The second kappa shape index (κ2) is 5.24. The van der Waals surface area contributed by atoms with Gasteiger partial charge in [0.05, 0.1) is 13.2 Å². The largest absolute Gasteiger partial charge is 0.396 e. The average molecular weight is 174 g/mol. The van der Waals surface area contributed by atoms with Crippen molar-refractivity contribution in [2.45, 2.75) is 25.6 Å². The molecule has 1 N–H and O–H groups in total. The first-order valence-electron chi connectivity index (χ1n) is 4.18. The van der Waals surface area contributed by atoms with Gasteiger partial charge in [0.25, 0.3) is 0 Å². The van der Waals surface area contributed by atoms with E-state index >= 15 is 0 Å². The zero-order valence-electron chi connectivity index (χ0n) is 6.99. The van der Waals surface area contributed by atoms with Gasteiger partial charge in [-0.25, -0.2) is 0 Å². The molecule has 0 aromatic carbocycles. The maximum Gasteiger partial charge on any atom is 0.158 e. The maximum atomic E-state index is 10.9. The predicted molar refractivity (Wildman–Crippen MR) is 41.6 cm³/mol. The molecule has 0 aromatic heterocycles. The standard InChI is InChI=1S/C8H14O4/c9-4-3-7(10)1-2-8-11-5-6-12-8/h8-9H,1-6H2. The summed E-state index contributed by atoms with van der Waals surface area (Å²) in [6.45, 7) is 1.18. The van der Waals surface area contributed by atoms with Crippen molar-refractivity contribution in [2.75, 3.05) is 19.8 Å². The monoisotopic (exact) mass is 174 g/mol. The Kier molecular flexibility index (Phi) is 4.21. The molecular weight excluding hydrogens is 160 g/mol. The van der Waals surface area contributed by atoms with E-state index in [0.717, 1.165) is 0 Å². The van der Waals surface area contributed by atoms with Crippen LogP contribution in [0.5, 0.6) is 0 Å². The molecule has 1 aliphatic heterocycles. The van der Waals surface area contributed by atoms with Crippen molar-refractivity contribution in [3.8, 4) is 0 Å². The first-order chi connectivity index (χ1) is 5.83. The van der Waals surface area contributed by atoms with Crippen LogP contribution in [-0.4, -0.2) is 37.0 Å². The first kappa shape index (κ1) is 9.64. The van der Waals surface area contributed by atoms with Crippen LogP contribution in [0.4, 0.5) is 0 Å². The molecule has 0 amide bonds. The first-order valence-corrected chi connectivity index (χ1v) is 4.18. The fourth-order valence-corrected chi connectivity index (χ4v) is 1.10. The van der Waals surface area contributed by atoms with Gasteiger partial charge in [-0.15, -0.1) is 0 Å². The minimum atomic E-state index is -0.201. The van der Waals surface area contributed by atoms with Crippen molar-refractivity contribution >= 4 is 5.78 Å². The Morgan fingerprint density at radius 2 is 2.00 bits per heavy atom. The smallest absolute Gasteiger partial charge is 0.158 e. The lowest BCUT2D eigenvalue weighted by Crippen LogP contribution is -2.11. The molecule has 0 aliphatic carbocycles. The van der Waals surface area contributed by atoms with Gasteiger partial charge in [0.15, 0.2) is 6.29 Å². The molecule has 4 heteroatoms. The summed E-state index contributed by atoms with van der Waals surface area (Å²) in [5.74, 6) is 0.0663. The van der Waals surface area contributed by atoms with E-state index < -0.39 is 0 Å². The van der Waals surface area contributed by atoms with Gasteiger partial charge in [0.1, 0.15) is 5.78 Å². The van der Waals surface area contributed by atoms with Crippen LogP contribution in [0.3, 0.4) is 0 Å². The van der Waals surface area contributed by atoms with Crippen LogP contribution < -0.4 is 0 Å². The zero-order chi connectivity index (χ0) is 8.81. The number of rotatable bonds is 5. The lowest BCUT2D eigenvalue weighted by atomic mass is 10.2. The van der Waals surface area contributed by atoms with Crippen molar-refractivity contribution in [3.63, 3.8) is 0 Å². The van der Waals surface area contributed by atoms with Crippen LogP contribution >= 0.6 is 0 Å². The van der Waals surface area contributed by atoms with Crippen molar-refractivity contribution in [2.24, 2.45) is 0 Å². The number of Topliss-reactive ketones (excluding diaryl/α,β-unsaturated/α-hetero) is 1. The summed E-state index contributed by atoms with van der Waals surface area (Å²) in [5, 5.41) is 8.45. The van der Waals surface area contributed by atoms with Gasteiger partial charge in [-0.05, 0) is 0 Å². The SMILES string of the molecule is O=C(CCO)CCC1OCCO1. The maximum absolute atomic E-state index is 10.9. The number of carbonyl (C=O) groups is 1. The molecule has 1 fully saturated rings. The lowest BCUT2D eigenvalue weighted by Gasteiger charge is -2.06. The van der Waals surface area contributed by atoms with Crippen LogP contribution in [0.25, 0.3) is 0 Å². The predicted octanol–water partition coefficient (Wildman–Crippen LogP) is 0.0910. The van der Waals surface area contributed by atoms with Gasteiger partial charge in [-0.3, -0.25) is 4.79 Å². The van der Waals surface area contributed by atoms with Gasteiger partial charge in [-0.2, -0.15) is 0 Å². The van der Waals surface area contributed by atoms with Crippen molar-refractivity contribution in [1.82, 2.24) is 0 Å². The third-order valence-electron chi connectivity index (χ3n) is 1.74. The highest BCUT2D eigenvalue weighted by Gasteiger charge is 2.16. The van der Waals surface area contributed by atoms with Gasteiger partial charge in [-0.1, -0.05) is 0 Å². The highest BCUT2D eigenvalue weighted by atomic mass is 16.7. The molecule has 1 heterocycles. The molecule has 1 rings (SSSR count). The highest BCUT2D eigenvalue weighted by molar-refractivity contribution is 5.78. The summed E-state index contributed by atoms with van der Waals surface area (Å²) in [5.41, 5.74) is 0. The van der Waals surface area contributed by atoms with E-state index in [4.69, 9.17) is 14.6 Å². The summed E-state index contributed by atoms with van der Waals surface area (Å²) in [6, 6.07) is 0. The van der Waals surface area contributed by atoms with E-state index in [2.05, 4.69) is 0 Å². The number of hydrogen-bond acceptors (Lipinski definition) is 4. The quantitative estimate of drug-likeness (QED) is 0.641. The molecule has 70 valence electrons. The Balaban J connectivity index is 2.03. The highest BCUT2D eigenvalue weighted by Crippen LogP contribution is 2.10. The zero-order valence-corrected chi connectivity index (χ0v) is 6.99. The number of hydrogen-bond donors (Lipinski definition) is 1. The minimum Gasteiger partial charge on any atom is -0.396 e. The Bertz CT molecular complexity index is 140. The molecule has 12 heavy (non-hydrogen) atoms. The Hall–Kier alpha value is -0.450. The van der Waals surface area contributed by atoms with Crippen LogP contribution in [0.2, 0.25) is 0 Å². The van der Waals surface area contributed by atoms with E-state index in [9.17, 15) is 4.79 Å². The summed E-state index contributed by atoms with van der Waals surface area (Å²) in [4.78, 5) is 10.9. The summed E-state index contributed by atoms with van der Waals surface area (Å²) in [7, 11) is 0. The third kappa shape index (κ3) is 3.30. The molecule has 1 saturated heterocycles.